The number of aryl methyl sites for hydroxylation is 2. The van der Waals surface area contributed by atoms with Crippen LogP contribution in [0.5, 0.6) is 0 Å². The molecular formula is C137H243N3O. The Morgan fingerprint density at radius 1 is 0.284 bits per heavy atom. The van der Waals surface area contributed by atoms with E-state index in [1.807, 2.05) is 0 Å². The molecule has 16 saturated carbocycles. The van der Waals surface area contributed by atoms with E-state index in [0.29, 0.717) is 65.2 Å². The molecule has 18 aliphatic carbocycles. The summed E-state index contributed by atoms with van der Waals surface area (Å²) >= 11 is 0. The summed E-state index contributed by atoms with van der Waals surface area (Å²) in [6.45, 7) is 85.3. The van der Waals surface area contributed by atoms with Gasteiger partial charge in [0.25, 0.3) is 0 Å². The summed E-state index contributed by atoms with van der Waals surface area (Å²) in [6.07, 6.45) is 75.4. The fraction of sp³-hybridized carbons (Fsp3) is 0.912. The van der Waals surface area contributed by atoms with Gasteiger partial charge in [0.1, 0.15) is 0 Å². The summed E-state index contributed by atoms with van der Waals surface area (Å²) in [6, 6.07) is 20.6. The largest absolute Gasteiger partial charge is 0.380 e. The van der Waals surface area contributed by atoms with Gasteiger partial charge < -0.3 is 10.1 Å². The highest BCUT2D eigenvalue weighted by Crippen LogP contribution is 2.65. The zero-order valence-electron chi connectivity index (χ0n) is 101. The van der Waals surface area contributed by atoms with Crippen LogP contribution in [-0.4, -0.2) is 71.9 Å². The lowest BCUT2D eigenvalue weighted by Gasteiger charge is -2.55. The Bertz CT molecular complexity index is 3690. The van der Waals surface area contributed by atoms with Gasteiger partial charge in [-0.05, 0) is 455 Å². The average molecular weight is 1950 g/mol. The first kappa shape index (κ1) is 118. The SMILES string of the molecule is CC(C)(C)C1C2CCCC1C2.CC(C)(C)C1CC2CCC1CC2.CC(C)(C)C1CCCC2CC21.CC(C)(C)C1CCCC2CCCCC21.CC(C)(C)C1CCCC2CCCNC21.CC(C)(C)C1CCCCC12CC2.CC(C)(C)C1CCCCC12COC2.CC(C)(C)C1CCCc2ccccc21.CC(C)(C)C1CCCc2ccccc21.CC(C)(C)N1CC2CCC1CC2.CC(C)(C)N1CCCC2CCCCC21. The van der Waals surface area contributed by atoms with Crippen LogP contribution in [0.2, 0.25) is 0 Å². The number of likely N-dealkylation sites (tertiary alicyclic amines) is 1. The lowest BCUT2D eigenvalue weighted by atomic mass is 9.50. The molecule has 2 aromatic rings. The molecule has 18 atom stereocenters. The quantitative estimate of drug-likeness (QED) is 0.285. The van der Waals surface area contributed by atoms with Crippen molar-refractivity contribution in [2.45, 2.75) is 597 Å². The van der Waals surface area contributed by atoms with Gasteiger partial charge in [-0.2, -0.15) is 0 Å². The molecule has 0 amide bonds. The maximum absolute atomic E-state index is 5.44. The Hall–Kier alpha value is -1.72. The van der Waals surface area contributed by atoms with Gasteiger partial charge in [0.15, 0.2) is 0 Å². The van der Waals surface area contributed by atoms with E-state index >= 15 is 0 Å². The van der Waals surface area contributed by atoms with Gasteiger partial charge in [0, 0.05) is 41.2 Å². The zero-order valence-corrected chi connectivity index (χ0v) is 101. The van der Waals surface area contributed by atoms with E-state index in [-0.39, 0.29) is 0 Å². The molecule has 18 unspecified atom stereocenters. The summed E-state index contributed by atoms with van der Waals surface area (Å²) in [4.78, 5) is 5.50. The standard InChI is InChI=1S/C14H26.2C14H20.2C13H25N.C12H22O.2C12H22.C11H21N.2C11H20/c3*1-14(2,3)13-10-6-8-11-7-4-5-9-12(11)13;1-13(2,3)11-8-4-6-10-7-5-9-14-12(10)11;1-13(2,3)14-10-6-8-11-7-4-5-9-12(11)14;1-11(2,3)10-6-4-5-7-12(10)8-13-9-12;1-12(2,3)11-8-9-4-6-10(11)7-5-9;1-11(2,3)10-6-4-5-7-12(10)8-9-12;1-11(2,3)12-8-9-4-6-10(12)7-5-9;1-11(2,3)10-6-4-5-8-7-9(8)10;1-11(2,3)10-8-5-4-6-9(10)7-8/h11-13H,4-10H2,1-3H3;2*4-5,7,9,13H,6,8,10H2,1-3H3;10-12,14H,4-9H2,1-3H3;11-12H,4-10H2,1-3H3;10H,4-9H2,1-3H3;9-11H,4-8H2,1-3H3;10H,4-9H2,1-3H3;9-10H,4-8H2,1-3H3;2*8-10H,4-7H2,1-3H3. The molecule has 4 nitrogen and oxygen atoms in total. The molecular weight excluding hydrogens is 1700 g/mol. The highest BCUT2D eigenvalue weighted by Gasteiger charge is 2.56. The Labute approximate surface area is 880 Å². The predicted octanol–water partition coefficient (Wildman–Crippen LogP) is 40.3. The maximum Gasteiger partial charge on any atom is 0.0547 e. The average Bonchev–Trinajstić information content (AvgIpc) is 1.65. The second-order valence-corrected chi connectivity index (χ2v) is 64.7. The minimum absolute atomic E-state index is 0.390. The van der Waals surface area contributed by atoms with E-state index in [1.165, 1.54) is 334 Å². The first-order valence-corrected chi connectivity index (χ1v) is 62.9. The van der Waals surface area contributed by atoms with Crippen molar-refractivity contribution in [2.24, 2.45) is 166 Å². The molecule has 25 rings (SSSR count). The van der Waals surface area contributed by atoms with Crippen molar-refractivity contribution in [3.05, 3.63) is 70.8 Å². The lowest BCUT2D eigenvalue weighted by Crippen LogP contribution is -2.56. The van der Waals surface area contributed by atoms with E-state index in [0.717, 1.165) is 155 Å². The number of fused-ring (bicyclic) bond motifs is 14. The molecule has 1 N–H and O–H groups in total. The maximum atomic E-state index is 5.44. The molecule has 23 aliphatic rings. The Balaban J connectivity index is 0.000000139. The third-order valence-corrected chi connectivity index (χ3v) is 43.2. The van der Waals surface area contributed by atoms with Gasteiger partial charge in [-0.1, -0.05) is 357 Å². The van der Waals surface area contributed by atoms with Crippen molar-refractivity contribution in [3.8, 4) is 0 Å². The van der Waals surface area contributed by atoms with Crippen molar-refractivity contribution in [1.29, 1.82) is 0 Å². The molecule has 5 heterocycles. The van der Waals surface area contributed by atoms with Crippen molar-refractivity contribution in [3.63, 3.8) is 0 Å². The summed E-state index contributed by atoms with van der Waals surface area (Å²) in [5.41, 5.74) is 13.2. The van der Waals surface area contributed by atoms with Gasteiger partial charge in [0.05, 0.1) is 13.2 Å². The number of hydrogen-bond acceptors (Lipinski definition) is 4. The van der Waals surface area contributed by atoms with Crippen LogP contribution < -0.4 is 5.32 Å². The molecule has 5 aliphatic heterocycles. The van der Waals surface area contributed by atoms with E-state index in [1.54, 1.807) is 35.1 Å². The number of benzene rings is 2. The van der Waals surface area contributed by atoms with Gasteiger partial charge in [0.2, 0.25) is 0 Å². The number of rotatable bonds is 0. The van der Waals surface area contributed by atoms with Crippen molar-refractivity contribution < 1.29 is 4.74 Å². The van der Waals surface area contributed by atoms with E-state index in [9.17, 15) is 0 Å². The summed E-state index contributed by atoms with van der Waals surface area (Å²) in [7, 11) is 0. The molecule has 812 valence electrons. The molecule has 5 saturated heterocycles. The van der Waals surface area contributed by atoms with E-state index in [4.69, 9.17) is 4.74 Å². The Kier molecular flexibility index (Phi) is 41.5. The fourth-order valence-electron chi connectivity index (χ4n) is 35.9. The lowest BCUT2D eigenvalue weighted by molar-refractivity contribution is -0.184. The van der Waals surface area contributed by atoms with Crippen LogP contribution in [-0.2, 0) is 17.6 Å². The van der Waals surface area contributed by atoms with E-state index in [2.05, 4.69) is 292 Å². The van der Waals surface area contributed by atoms with Crippen LogP contribution in [0.1, 0.15) is 577 Å². The number of nitrogens with zero attached hydrogens (tertiary/aromatic N) is 2. The highest BCUT2D eigenvalue weighted by atomic mass is 16.5. The molecule has 2 aromatic carbocycles. The Morgan fingerprint density at radius 3 is 1.12 bits per heavy atom. The number of piperidine rings is 4. The highest BCUT2D eigenvalue weighted by molar-refractivity contribution is 5.35. The molecule has 21 fully saturated rings. The number of hydrogen-bond donors (Lipinski definition) is 1. The first-order chi connectivity index (χ1) is 65.9. The zero-order chi connectivity index (χ0) is 103. The summed E-state index contributed by atoms with van der Waals surface area (Å²) in [5, 5.41) is 3.78. The molecule has 141 heavy (non-hydrogen) atoms. The monoisotopic (exact) mass is 1950 g/mol. The topological polar surface area (TPSA) is 27.7 Å². The summed E-state index contributed by atoms with van der Waals surface area (Å²) in [5.74, 6) is 20.4. The van der Waals surface area contributed by atoms with Gasteiger partial charge in [-0.3, -0.25) is 9.80 Å². The third kappa shape index (κ3) is 32.7. The van der Waals surface area contributed by atoms with Crippen molar-refractivity contribution in [2.75, 3.05) is 32.8 Å². The van der Waals surface area contributed by atoms with Crippen LogP contribution in [0.25, 0.3) is 0 Å². The molecule has 4 heteroatoms. The second kappa shape index (κ2) is 49.6. The second-order valence-electron chi connectivity index (χ2n) is 64.7. The van der Waals surface area contributed by atoms with Gasteiger partial charge in [-0.15, -0.1) is 0 Å². The predicted molar refractivity (Wildman–Crippen MR) is 618 cm³/mol. The van der Waals surface area contributed by atoms with Gasteiger partial charge in [-0.25, -0.2) is 0 Å². The van der Waals surface area contributed by atoms with Crippen LogP contribution in [0.15, 0.2) is 48.5 Å². The smallest absolute Gasteiger partial charge is 0.0547 e. The fourth-order valence-corrected chi connectivity index (χ4v) is 35.9. The van der Waals surface area contributed by atoms with Crippen molar-refractivity contribution >= 4 is 0 Å². The first-order valence-electron chi connectivity index (χ1n) is 62.9. The van der Waals surface area contributed by atoms with E-state index < -0.39 is 0 Å². The number of ether oxygens (including phenoxy) is 1. The minimum Gasteiger partial charge on any atom is -0.380 e. The van der Waals surface area contributed by atoms with Gasteiger partial charge >= 0.3 is 0 Å². The molecule has 6 bridgehead atoms. The summed E-state index contributed by atoms with van der Waals surface area (Å²) < 4.78 is 5.44. The Morgan fingerprint density at radius 2 is 0.709 bits per heavy atom. The molecule has 0 aromatic heterocycles. The third-order valence-electron chi connectivity index (χ3n) is 43.2. The van der Waals surface area contributed by atoms with Crippen LogP contribution in [0.4, 0.5) is 0 Å². The minimum atomic E-state index is 0.390. The normalized spacial score (nSPS) is 35.0. The van der Waals surface area contributed by atoms with Crippen LogP contribution in [0, 0.1) is 166 Å². The molecule has 0 radical (unpaired) electrons. The van der Waals surface area contributed by atoms with Crippen LogP contribution in [0.3, 0.4) is 0 Å². The van der Waals surface area contributed by atoms with Crippen LogP contribution >= 0.6 is 0 Å². The molecule has 2 spiro atoms. The van der Waals surface area contributed by atoms with Crippen molar-refractivity contribution in [1.82, 2.24) is 15.1 Å². The number of nitrogens with one attached hydrogen (secondary N) is 1.